The highest BCUT2D eigenvalue weighted by Crippen LogP contribution is 2.23. The van der Waals surface area contributed by atoms with Gasteiger partial charge in [-0.2, -0.15) is 0 Å². The molecule has 122 valence electrons. The van der Waals surface area contributed by atoms with Crippen molar-refractivity contribution in [3.63, 3.8) is 0 Å². The first-order valence-corrected chi connectivity index (χ1v) is 8.33. The molecule has 2 rings (SSSR count). The van der Waals surface area contributed by atoms with E-state index in [9.17, 15) is 9.59 Å². The molecule has 0 unspecified atom stereocenters. The van der Waals surface area contributed by atoms with Crippen LogP contribution >= 0.6 is 11.8 Å². The fourth-order valence-electron chi connectivity index (χ4n) is 2.01. The molecule has 1 aromatic rings. The summed E-state index contributed by atoms with van der Waals surface area (Å²) in [6.45, 7) is 6.59. The van der Waals surface area contributed by atoms with Gasteiger partial charge in [0.15, 0.2) is 0 Å². The van der Waals surface area contributed by atoms with E-state index in [2.05, 4.69) is 10.3 Å². The van der Waals surface area contributed by atoms with E-state index in [-0.39, 0.29) is 5.91 Å². The highest BCUT2D eigenvalue weighted by atomic mass is 32.2. The summed E-state index contributed by atoms with van der Waals surface area (Å²) in [5, 5.41) is 2.86. The van der Waals surface area contributed by atoms with E-state index in [1.807, 2.05) is 31.5 Å². The van der Waals surface area contributed by atoms with Crippen LogP contribution in [0.5, 0.6) is 0 Å². The molecule has 1 fully saturated rings. The van der Waals surface area contributed by atoms with Crippen LogP contribution in [0.1, 0.15) is 20.8 Å². The lowest BCUT2D eigenvalue weighted by atomic mass is 10.2. The van der Waals surface area contributed by atoms with Gasteiger partial charge in [-0.1, -0.05) is 0 Å². The topological polar surface area (TPSA) is 76.5 Å². The number of thioether (sulfide) groups is 1. The number of carbonyl (C=O) groups excluding carboxylic acids is 2. The van der Waals surface area contributed by atoms with Gasteiger partial charge in [0.2, 0.25) is 5.91 Å². The molecule has 1 aromatic heterocycles. The van der Waals surface area contributed by atoms with E-state index >= 15 is 0 Å². The Bertz CT molecular complexity index is 513. The van der Waals surface area contributed by atoms with Crippen LogP contribution in [0.3, 0.4) is 0 Å². The maximum absolute atomic E-state index is 12.3. The van der Waals surface area contributed by atoms with Crippen LogP contribution in [0.2, 0.25) is 0 Å². The lowest BCUT2D eigenvalue weighted by molar-refractivity contribution is -0.125. The first-order chi connectivity index (χ1) is 10.4. The Labute approximate surface area is 134 Å². The van der Waals surface area contributed by atoms with Crippen molar-refractivity contribution in [2.75, 3.05) is 18.2 Å². The summed E-state index contributed by atoms with van der Waals surface area (Å²) in [6.07, 6.45) is 4.79. The first-order valence-electron chi connectivity index (χ1n) is 7.17. The number of imidazole rings is 1. The van der Waals surface area contributed by atoms with Crippen LogP contribution in [-0.2, 0) is 16.1 Å². The molecular weight excluding hydrogens is 304 g/mol. The second kappa shape index (κ2) is 7.04. The number of rotatable bonds is 4. The Morgan fingerprint density at radius 3 is 2.86 bits per heavy atom. The van der Waals surface area contributed by atoms with Crippen molar-refractivity contribution >= 4 is 23.8 Å². The Balaban J connectivity index is 1.84. The molecular formula is C14H22N4O3S. The van der Waals surface area contributed by atoms with Gasteiger partial charge in [0.05, 0.1) is 12.2 Å². The molecule has 0 spiro atoms. The van der Waals surface area contributed by atoms with Gasteiger partial charge in [-0.15, -0.1) is 11.8 Å². The summed E-state index contributed by atoms with van der Waals surface area (Å²) in [4.78, 5) is 29.8. The quantitative estimate of drug-likeness (QED) is 0.903. The molecule has 1 atom stereocenters. The van der Waals surface area contributed by atoms with Crippen molar-refractivity contribution in [2.45, 2.75) is 39.0 Å². The minimum atomic E-state index is -0.563. The Morgan fingerprint density at radius 2 is 2.23 bits per heavy atom. The molecule has 0 aromatic carbocycles. The molecule has 0 saturated carbocycles. The fourth-order valence-corrected chi connectivity index (χ4v) is 3.15. The van der Waals surface area contributed by atoms with Crippen molar-refractivity contribution in [3.8, 4) is 0 Å². The van der Waals surface area contributed by atoms with Crippen LogP contribution in [0.4, 0.5) is 4.79 Å². The Kier molecular flexibility index (Phi) is 5.33. The normalized spacial score (nSPS) is 18.3. The van der Waals surface area contributed by atoms with E-state index in [1.165, 1.54) is 4.90 Å². The summed E-state index contributed by atoms with van der Waals surface area (Å²) in [5.41, 5.74) is -0.563. The Morgan fingerprint density at radius 1 is 1.45 bits per heavy atom. The number of carbonyl (C=O) groups is 2. The second-order valence-electron chi connectivity index (χ2n) is 6.06. The third kappa shape index (κ3) is 4.66. The average molecular weight is 326 g/mol. The zero-order valence-corrected chi connectivity index (χ0v) is 13.9. The van der Waals surface area contributed by atoms with E-state index < -0.39 is 17.7 Å². The number of nitrogens with zero attached hydrogens (tertiary/aromatic N) is 3. The first kappa shape index (κ1) is 16.7. The van der Waals surface area contributed by atoms with Crippen molar-refractivity contribution < 1.29 is 14.3 Å². The zero-order valence-electron chi connectivity index (χ0n) is 13.1. The van der Waals surface area contributed by atoms with Crippen LogP contribution in [0, 0.1) is 0 Å². The molecule has 1 saturated heterocycles. The van der Waals surface area contributed by atoms with E-state index in [0.29, 0.717) is 24.7 Å². The molecule has 1 N–H and O–H groups in total. The minimum absolute atomic E-state index is 0.143. The van der Waals surface area contributed by atoms with Gasteiger partial charge in [0, 0.05) is 31.2 Å². The molecule has 0 radical (unpaired) electrons. The summed E-state index contributed by atoms with van der Waals surface area (Å²) < 4.78 is 7.23. The molecule has 1 aliphatic rings. The van der Waals surface area contributed by atoms with Crippen LogP contribution in [-0.4, -0.2) is 56.3 Å². The van der Waals surface area contributed by atoms with Gasteiger partial charge in [0.25, 0.3) is 0 Å². The average Bonchev–Trinajstić information content (AvgIpc) is 3.07. The lowest BCUT2D eigenvalue weighted by Crippen LogP contribution is -2.49. The SMILES string of the molecule is CC(C)(C)OC(=O)N1CSC[C@@H]1C(=O)NCCn1ccnc1. The molecule has 8 heteroatoms. The molecule has 22 heavy (non-hydrogen) atoms. The van der Waals surface area contributed by atoms with Gasteiger partial charge in [0.1, 0.15) is 11.6 Å². The van der Waals surface area contributed by atoms with Gasteiger partial charge in [-0.3, -0.25) is 9.69 Å². The molecule has 7 nitrogen and oxygen atoms in total. The smallest absolute Gasteiger partial charge is 0.411 e. The molecule has 2 heterocycles. The zero-order chi connectivity index (χ0) is 16.2. The van der Waals surface area contributed by atoms with Crippen LogP contribution < -0.4 is 5.32 Å². The number of ether oxygens (including phenoxy) is 1. The van der Waals surface area contributed by atoms with Crippen molar-refractivity contribution in [1.29, 1.82) is 0 Å². The number of hydrogen-bond acceptors (Lipinski definition) is 5. The number of nitrogens with one attached hydrogen (secondary N) is 1. The molecule has 2 amide bonds. The monoisotopic (exact) mass is 326 g/mol. The van der Waals surface area contributed by atoms with Gasteiger partial charge >= 0.3 is 6.09 Å². The van der Waals surface area contributed by atoms with E-state index in [1.54, 1.807) is 24.3 Å². The third-order valence-corrected chi connectivity index (χ3v) is 4.05. The highest BCUT2D eigenvalue weighted by Gasteiger charge is 2.36. The number of hydrogen-bond donors (Lipinski definition) is 1. The van der Waals surface area contributed by atoms with Crippen molar-refractivity contribution in [2.24, 2.45) is 0 Å². The molecule has 0 aliphatic carbocycles. The molecule has 1 aliphatic heterocycles. The summed E-state index contributed by atoms with van der Waals surface area (Å²) >= 11 is 1.55. The summed E-state index contributed by atoms with van der Waals surface area (Å²) in [5.74, 6) is 0.931. The van der Waals surface area contributed by atoms with Gasteiger partial charge in [-0.25, -0.2) is 9.78 Å². The number of amides is 2. The predicted octanol–water partition coefficient (Wildman–Crippen LogP) is 1.31. The van der Waals surface area contributed by atoms with E-state index in [0.717, 1.165) is 0 Å². The van der Waals surface area contributed by atoms with Crippen LogP contribution in [0.25, 0.3) is 0 Å². The largest absolute Gasteiger partial charge is 0.444 e. The second-order valence-corrected chi connectivity index (χ2v) is 7.06. The summed E-state index contributed by atoms with van der Waals surface area (Å²) in [7, 11) is 0. The van der Waals surface area contributed by atoms with Crippen molar-refractivity contribution in [3.05, 3.63) is 18.7 Å². The maximum atomic E-state index is 12.3. The van der Waals surface area contributed by atoms with Crippen LogP contribution in [0.15, 0.2) is 18.7 Å². The molecule has 0 bridgehead atoms. The predicted molar refractivity (Wildman–Crippen MR) is 84.4 cm³/mol. The number of aromatic nitrogens is 2. The van der Waals surface area contributed by atoms with Crippen molar-refractivity contribution in [1.82, 2.24) is 19.8 Å². The van der Waals surface area contributed by atoms with Gasteiger partial charge < -0.3 is 14.6 Å². The lowest BCUT2D eigenvalue weighted by Gasteiger charge is -2.27. The van der Waals surface area contributed by atoms with Gasteiger partial charge in [-0.05, 0) is 20.8 Å². The third-order valence-electron chi connectivity index (χ3n) is 3.04. The Hall–Kier alpha value is -1.70. The highest BCUT2D eigenvalue weighted by molar-refractivity contribution is 7.99. The maximum Gasteiger partial charge on any atom is 0.411 e. The minimum Gasteiger partial charge on any atom is -0.444 e. The fraction of sp³-hybridized carbons (Fsp3) is 0.643. The standard InChI is InChI=1S/C14H22N4O3S/c1-14(2,3)21-13(20)18-10-22-8-11(18)12(19)16-5-7-17-6-4-15-9-17/h4,6,9,11H,5,7-8,10H2,1-3H3,(H,16,19)/t11-/m1/s1. The van der Waals surface area contributed by atoms with E-state index in [4.69, 9.17) is 4.74 Å². The summed E-state index contributed by atoms with van der Waals surface area (Å²) in [6, 6.07) is -0.470.